The number of carbonyl (C=O) groups is 2. The highest BCUT2D eigenvalue weighted by Gasteiger charge is 2.24. The normalized spacial score (nSPS) is 11.1. The zero-order valence-electron chi connectivity index (χ0n) is 14.7. The van der Waals surface area contributed by atoms with Crippen LogP contribution in [0, 0.1) is 10.1 Å². The molecule has 0 aliphatic heterocycles. The molecule has 0 bridgehead atoms. The maximum atomic E-state index is 12.6. The van der Waals surface area contributed by atoms with Gasteiger partial charge in [-0.25, -0.2) is 17.9 Å². The number of amides is 1. The fraction of sp³-hybridized carbons (Fsp3) is 0.0588. The Bertz CT molecular complexity index is 1240. The first-order valence-electron chi connectivity index (χ1n) is 7.90. The Hall–Kier alpha value is -3.93. The molecule has 1 N–H and O–H groups in total. The Morgan fingerprint density at radius 2 is 1.55 bits per heavy atom. The summed E-state index contributed by atoms with van der Waals surface area (Å²) < 4.78 is 31.3. The Kier molecular flexibility index (Phi) is 5.19. The fourth-order valence-corrected chi connectivity index (χ4v) is 3.45. The molecular weight excluding hydrogens is 404 g/mol. The maximum absolute atomic E-state index is 12.6. The minimum Gasteiger partial charge on any atom is -0.464 e. The van der Waals surface area contributed by atoms with Crippen LogP contribution in [-0.4, -0.2) is 42.5 Å². The second kappa shape index (κ2) is 7.59. The van der Waals surface area contributed by atoms with Gasteiger partial charge in [0.25, 0.3) is 21.6 Å². The number of hydrogen-bond donors (Lipinski definition) is 1. The van der Waals surface area contributed by atoms with Crippen LogP contribution >= 0.6 is 0 Å². The third-order valence-electron chi connectivity index (χ3n) is 3.87. The Morgan fingerprint density at radius 3 is 2.10 bits per heavy atom. The van der Waals surface area contributed by atoms with Crippen molar-refractivity contribution in [2.45, 2.75) is 4.90 Å². The molecular formula is C17H12N4O7S. The number of nitro benzene ring substituents is 1. The number of nitrogens with one attached hydrogen (secondary N) is 1. The molecule has 0 atom stereocenters. The number of methoxy groups -OCH3 is 1. The molecule has 148 valence electrons. The second-order valence-corrected chi connectivity index (χ2v) is 7.30. The highest BCUT2D eigenvalue weighted by Crippen LogP contribution is 2.21. The average Bonchev–Trinajstić information content (AvgIpc) is 2.72. The van der Waals surface area contributed by atoms with E-state index < -0.39 is 26.8 Å². The number of benzene rings is 2. The minimum absolute atomic E-state index is 0.127. The van der Waals surface area contributed by atoms with Crippen LogP contribution in [0.4, 0.5) is 5.69 Å². The minimum atomic E-state index is -4.33. The molecule has 0 fully saturated rings. The second-order valence-electron chi connectivity index (χ2n) is 5.62. The van der Waals surface area contributed by atoms with Gasteiger partial charge in [0.15, 0.2) is 11.4 Å². The lowest BCUT2D eigenvalue weighted by molar-refractivity contribution is -0.384. The van der Waals surface area contributed by atoms with Crippen molar-refractivity contribution >= 4 is 38.4 Å². The predicted octanol–water partition coefficient (Wildman–Crippen LogP) is 1.44. The number of esters is 1. The Balaban J connectivity index is 1.97. The molecule has 0 aliphatic carbocycles. The lowest BCUT2D eigenvalue weighted by Crippen LogP contribution is -2.31. The number of nitro groups is 1. The van der Waals surface area contributed by atoms with Gasteiger partial charge < -0.3 is 4.74 Å². The van der Waals surface area contributed by atoms with Crippen LogP contribution in [0.25, 0.3) is 10.8 Å². The number of nitrogens with zero attached hydrogens (tertiary/aromatic N) is 3. The van der Waals surface area contributed by atoms with Crippen molar-refractivity contribution in [3.8, 4) is 0 Å². The van der Waals surface area contributed by atoms with E-state index in [1.54, 1.807) is 12.1 Å². The lowest BCUT2D eigenvalue weighted by Gasteiger charge is -2.09. The highest BCUT2D eigenvalue weighted by molar-refractivity contribution is 7.90. The highest BCUT2D eigenvalue weighted by atomic mass is 32.2. The number of ether oxygens (including phenoxy) is 1. The molecule has 0 unspecified atom stereocenters. The standard InChI is InChI=1S/C17H12N4O7S/c1-28-17(23)15-13-5-3-2-4-12(13)14(18-19-15)16(22)20-29(26,27)11-8-6-10(7-9-11)21(24)25/h2-9H,1H3,(H,20,22). The van der Waals surface area contributed by atoms with Crippen LogP contribution < -0.4 is 4.72 Å². The van der Waals surface area contributed by atoms with Crippen molar-refractivity contribution in [1.82, 2.24) is 14.9 Å². The summed E-state index contributed by atoms with van der Waals surface area (Å²) in [6.45, 7) is 0. The van der Waals surface area contributed by atoms with Gasteiger partial charge in [-0.15, -0.1) is 10.2 Å². The summed E-state index contributed by atoms with van der Waals surface area (Å²) in [5.74, 6) is -1.84. The third-order valence-corrected chi connectivity index (χ3v) is 5.21. The van der Waals surface area contributed by atoms with Crippen molar-refractivity contribution in [2.75, 3.05) is 7.11 Å². The zero-order valence-corrected chi connectivity index (χ0v) is 15.5. The van der Waals surface area contributed by atoms with Crippen molar-refractivity contribution in [3.63, 3.8) is 0 Å². The molecule has 0 radical (unpaired) electrons. The molecule has 0 aliphatic rings. The molecule has 3 aromatic rings. The van der Waals surface area contributed by atoms with Gasteiger partial charge >= 0.3 is 5.97 Å². The number of rotatable bonds is 5. The van der Waals surface area contributed by atoms with E-state index in [2.05, 4.69) is 14.9 Å². The summed E-state index contributed by atoms with van der Waals surface area (Å²) in [7, 11) is -3.17. The number of hydrogen-bond acceptors (Lipinski definition) is 9. The molecule has 1 aromatic heterocycles. The molecule has 1 heterocycles. The van der Waals surface area contributed by atoms with Gasteiger partial charge in [-0.3, -0.25) is 14.9 Å². The first kappa shape index (κ1) is 19.8. The van der Waals surface area contributed by atoms with Gasteiger partial charge in [-0.2, -0.15) is 0 Å². The van der Waals surface area contributed by atoms with E-state index in [0.717, 1.165) is 31.4 Å². The van der Waals surface area contributed by atoms with Gasteiger partial charge in [0.05, 0.1) is 16.9 Å². The zero-order chi connectivity index (χ0) is 21.2. The van der Waals surface area contributed by atoms with Crippen molar-refractivity contribution in [1.29, 1.82) is 0 Å². The summed E-state index contributed by atoms with van der Waals surface area (Å²) in [6, 6.07) is 10.2. The number of fused-ring (bicyclic) bond motifs is 1. The number of aromatic nitrogens is 2. The molecule has 12 heteroatoms. The third kappa shape index (κ3) is 3.87. The number of non-ortho nitro benzene ring substituents is 1. The molecule has 3 rings (SSSR count). The summed E-state index contributed by atoms with van der Waals surface area (Å²) in [5.41, 5.74) is -0.748. The van der Waals surface area contributed by atoms with E-state index in [9.17, 15) is 28.1 Å². The van der Waals surface area contributed by atoms with Gasteiger partial charge in [0, 0.05) is 22.9 Å². The van der Waals surface area contributed by atoms with Crippen LogP contribution in [0.2, 0.25) is 0 Å². The molecule has 0 saturated heterocycles. The Morgan fingerprint density at radius 1 is 1.00 bits per heavy atom. The van der Waals surface area contributed by atoms with Gasteiger partial charge in [0.2, 0.25) is 0 Å². The van der Waals surface area contributed by atoms with E-state index in [0.29, 0.717) is 0 Å². The number of sulfonamides is 1. The van der Waals surface area contributed by atoms with Crippen molar-refractivity contribution in [3.05, 3.63) is 70.0 Å². The summed E-state index contributed by atoms with van der Waals surface area (Å²) >= 11 is 0. The SMILES string of the molecule is COC(=O)c1nnc(C(=O)NS(=O)(=O)c2ccc([N+](=O)[O-])cc2)c2ccccc12. The van der Waals surface area contributed by atoms with Crippen LogP contribution in [-0.2, 0) is 14.8 Å². The average molecular weight is 416 g/mol. The fourth-order valence-electron chi connectivity index (χ4n) is 2.50. The predicted molar refractivity (Wildman–Crippen MR) is 98.6 cm³/mol. The van der Waals surface area contributed by atoms with Crippen LogP contribution in [0.15, 0.2) is 53.4 Å². The summed E-state index contributed by atoms with van der Waals surface area (Å²) in [4.78, 5) is 34.0. The topological polar surface area (TPSA) is 158 Å². The van der Waals surface area contributed by atoms with Gasteiger partial charge in [-0.1, -0.05) is 24.3 Å². The number of carbonyl (C=O) groups excluding carboxylic acids is 2. The van der Waals surface area contributed by atoms with Crippen LogP contribution in [0.3, 0.4) is 0 Å². The smallest absolute Gasteiger partial charge is 0.359 e. The summed E-state index contributed by atoms with van der Waals surface area (Å²) in [6.07, 6.45) is 0. The van der Waals surface area contributed by atoms with Gasteiger partial charge in [0.1, 0.15) is 0 Å². The lowest BCUT2D eigenvalue weighted by atomic mass is 10.1. The Labute approximate surface area is 163 Å². The van der Waals surface area contributed by atoms with E-state index in [1.807, 2.05) is 4.72 Å². The molecule has 29 heavy (non-hydrogen) atoms. The van der Waals surface area contributed by atoms with E-state index in [4.69, 9.17) is 0 Å². The quantitative estimate of drug-likeness (QED) is 0.369. The van der Waals surface area contributed by atoms with Gasteiger partial charge in [-0.05, 0) is 12.1 Å². The van der Waals surface area contributed by atoms with Crippen molar-refractivity contribution < 1.29 is 27.7 Å². The van der Waals surface area contributed by atoms with E-state index >= 15 is 0 Å². The summed E-state index contributed by atoms with van der Waals surface area (Å²) in [5, 5.41) is 18.5. The largest absolute Gasteiger partial charge is 0.464 e. The van der Waals surface area contributed by atoms with Crippen LogP contribution in [0.5, 0.6) is 0 Å². The maximum Gasteiger partial charge on any atom is 0.359 e. The van der Waals surface area contributed by atoms with E-state index in [-0.39, 0.29) is 32.7 Å². The molecule has 2 aromatic carbocycles. The van der Waals surface area contributed by atoms with Crippen LogP contribution in [0.1, 0.15) is 21.0 Å². The molecule has 11 nitrogen and oxygen atoms in total. The van der Waals surface area contributed by atoms with E-state index in [1.165, 1.54) is 12.1 Å². The first-order valence-corrected chi connectivity index (χ1v) is 9.38. The molecule has 0 saturated carbocycles. The monoisotopic (exact) mass is 416 g/mol. The first-order chi connectivity index (χ1) is 13.7. The van der Waals surface area contributed by atoms with Crippen molar-refractivity contribution in [2.24, 2.45) is 0 Å². The molecule has 0 spiro atoms. The molecule has 1 amide bonds.